The third-order valence-corrected chi connectivity index (χ3v) is 6.79. The topological polar surface area (TPSA) is 125 Å². The molecule has 9 nitrogen and oxygen atoms in total. The van der Waals surface area contributed by atoms with Gasteiger partial charge in [-0.2, -0.15) is 5.10 Å². The molecule has 0 saturated carbocycles. The van der Waals surface area contributed by atoms with E-state index in [1.165, 1.54) is 0 Å². The molecule has 0 saturated heterocycles. The Morgan fingerprint density at radius 2 is 1.95 bits per heavy atom. The first kappa shape index (κ1) is 24.6. The van der Waals surface area contributed by atoms with Gasteiger partial charge < -0.3 is 10.3 Å². The number of carbonyl (C=O) groups is 1. The average Bonchev–Trinajstić information content (AvgIpc) is 3.53. The van der Waals surface area contributed by atoms with Gasteiger partial charge in [0.15, 0.2) is 11.5 Å². The summed E-state index contributed by atoms with van der Waals surface area (Å²) < 4.78 is 14.1. The van der Waals surface area contributed by atoms with Crippen LogP contribution in [0.2, 0.25) is 0 Å². The molecule has 6 rings (SSSR count). The molecule has 10 heteroatoms. The molecular weight excluding hydrogens is 495 g/mol. The lowest BCUT2D eigenvalue weighted by molar-refractivity contribution is -0.116. The van der Waals surface area contributed by atoms with Gasteiger partial charge in [-0.25, -0.2) is 14.4 Å². The predicted molar refractivity (Wildman–Crippen MR) is 149 cm³/mol. The number of amides is 1. The number of nitrogens with one attached hydrogen (secondary N) is 3. The van der Waals surface area contributed by atoms with Crippen LogP contribution in [0.1, 0.15) is 39.2 Å². The lowest BCUT2D eigenvalue weighted by Gasteiger charge is -2.18. The summed E-state index contributed by atoms with van der Waals surface area (Å²) in [6.45, 7) is 6.07. The minimum Gasteiger partial charge on any atom is -0.335 e. The van der Waals surface area contributed by atoms with Crippen molar-refractivity contribution < 1.29 is 9.18 Å². The van der Waals surface area contributed by atoms with Crippen molar-refractivity contribution in [3.63, 3.8) is 0 Å². The summed E-state index contributed by atoms with van der Waals surface area (Å²) in [5.41, 5.74) is 6.60. The molecule has 1 aliphatic carbocycles. The van der Waals surface area contributed by atoms with E-state index >= 15 is 0 Å². The van der Waals surface area contributed by atoms with Crippen molar-refractivity contribution in [1.82, 2.24) is 35.1 Å². The molecule has 5 aromatic rings. The van der Waals surface area contributed by atoms with E-state index in [4.69, 9.17) is 4.98 Å². The van der Waals surface area contributed by atoms with E-state index in [-0.39, 0.29) is 23.6 Å². The fourth-order valence-corrected chi connectivity index (χ4v) is 4.86. The number of anilines is 1. The first-order valence-corrected chi connectivity index (χ1v) is 12.9. The van der Waals surface area contributed by atoms with Crippen molar-refractivity contribution in [2.24, 2.45) is 11.8 Å². The van der Waals surface area contributed by atoms with Gasteiger partial charge in [0.1, 0.15) is 11.5 Å². The lowest BCUT2D eigenvalue weighted by Crippen LogP contribution is -2.13. The summed E-state index contributed by atoms with van der Waals surface area (Å²) in [6, 6.07) is 3.84. The third-order valence-electron chi connectivity index (χ3n) is 6.79. The lowest BCUT2D eigenvalue weighted by atomic mass is 9.88. The van der Waals surface area contributed by atoms with E-state index in [1.807, 2.05) is 26.0 Å². The summed E-state index contributed by atoms with van der Waals surface area (Å²) in [4.78, 5) is 33.7. The number of halogens is 1. The second-order valence-electron chi connectivity index (χ2n) is 10.3. The molecule has 1 aliphatic rings. The van der Waals surface area contributed by atoms with Gasteiger partial charge in [-0.15, -0.1) is 0 Å². The van der Waals surface area contributed by atoms with E-state index in [0.717, 1.165) is 33.2 Å². The largest absolute Gasteiger partial charge is 0.335 e. The van der Waals surface area contributed by atoms with Gasteiger partial charge in [0.25, 0.3) is 0 Å². The number of carbonyl (C=O) groups excluding carboxylic acids is 1. The Balaban J connectivity index is 1.38. The van der Waals surface area contributed by atoms with Gasteiger partial charge in [0, 0.05) is 41.7 Å². The molecule has 0 radical (unpaired) electrons. The van der Waals surface area contributed by atoms with Crippen molar-refractivity contribution in [2.75, 3.05) is 5.32 Å². The van der Waals surface area contributed by atoms with E-state index in [0.29, 0.717) is 41.2 Å². The van der Waals surface area contributed by atoms with Crippen molar-refractivity contribution >= 4 is 39.2 Å². The Kier molecular flexibility index (Phi) is 6.22. The average molecular weight is 523 g/mol. The predicted octanol–water partition coefficient (Wildman–Crippen LogP) is 6.22. The van der Waals surface area contributed by atoms with E-state index in [9.17, 15) is 9.18 Å². The number of imidazole rings is 1. The number of hydrogen-bond donors (Lipinski definition) is 3. The van der Waals surface area contributed by atoms with Crippen LogP contribution in [0.25, 0.3) is 50.3 Å². The van der Waals surface area contributed by atoms with Gasteiger partial charge in [-0.05, 0) is 48.1 Å². The van der Waals surface area contributed by atoms with Crippen LogP contribution >= 0.6 is 0 Å². The molecule has 0 aliphatic heterocycles. The quantitative estimate of drug-likeness (QED) is 0.243. The molecule has 1 unspecified atom stereocenters. The zero-order chi connectivity index (χ0) is 27.1. The van der Waals surface area contributed by atoms with Crippen molar-refractivity contribution in [1.29, 1.82) is 0 Å². The molecule has 196 valence electrons. The highest BCUT2D eigenvalue weighted by Gasteiger charge is 2.21. The highest BCUT2D eigenvalue weighted by Crippen LogP contribution is 2.36. The molecule has 1 atom stereocenters. The Hall–Kier alpha value is -4.73. The second kappa shape index (κ2) is 9.86. The van der Waals surface area contributed by atoms with Gasteiger partial charge in [0.05, 0.1) is 34.5 Å². The standard InChI is InChI=1S/C29H27FN8O/c1-15(2)6-25(39)34-20-7-17(10-31-12-20)18-8-22-27(37-38-28(22)33-11-18)29-35-24-14-32-13-23(26(24)36-29)21-9-19(30)5-4-16(21)3/h5,7-16H,4,6H2,1-3H3,(H,34,39)(H,35,36)(H,33,37,38). The minimum atomic E-state index is -0.243. The molecule has 5 heterocycles. The number of aromatic nitrogens is 7. The van der Waals surface area contributed by atoms with Crippen LogP contribution in [-0.4, -0.2) is 41.0 Å². The monoisotopic (exact) mass is 522 g/mol. The number of fused-ring (bicyclic) bond motifs is 2. The summed E-state index contributed by atoms with van der Waals surface area (Å²) in [5.74, 6) is 0.695. The molecular formula is C29H27FN8O. The fourth-order valence-electron chi connectivity index (χ4n) is 4.86. The Bertz CT molecular complexity index is 1780. The number of pyridine rings is 3. The van der Waals surface area contributed by atoms with Crippen LogP contribution < -0.4 is 5.32 Å². The molecule has 3 N–H and O–H groups in total. The highest BCUT2D eigenvalue weighted by molar-refractivity contribution is 5.96. The third kappa shape index (κ3) is 4.81. The molecule has 0 bridgehead atoms. The molecule has 0 fully saturated rings. The SMILES string of the molecule is CC(C)CC(=O)Nc1cncc(-c2cnc3n[nH]c(-c4nc5c(C6=CC(F)=CCC6C)cncc5[nH]4)c3c2)c1. The van der Waals surface area contributed by atoms with Crippen molar-refractivity contribution in [3.8, 4) is 22.6 Å². The van der Waals surface area contributed by atoms with Crippen LogP contribution in [0.4, 0.5) is 10.1 Å². The molecule has 39 heavy (non-hydrogen) atoms. The zero-order valence-electron chi connectivity index (χ0n) is 21.8. The second-order valence-corrected chi connectivity index (χ2v) is 10.3. The molecule has 0 spiro atoms. The van der Waals surface area contributed by atoms with Crippen LogP contribution in [-0.2, 0) is 4.79 Å². The van der Waals surface area contributed by atoms with Crippen LogP contribution in [0, 0.1) is 11.8 Å². The summed E-state index contributed by atoms with van der Waals surface area (Å²) in [7, 11) is 0. The van der Waals surface area contributed by atoms with Gasteiger partial charge >= 0.3 is 0 Å². The van der Waals surface area contributed by atoms with E-state index < -0.39 is 0 Å². The van der Waals surface area contributed by atoms with Crippen LogP contribution in [0.3, 0.4) is 0 Å². The van der Waals surface area contributed by atoms with Gasteiger partial charge in [0.2, 0.25) is 5.91 Å². The number of rotatable bonds is 6. The number of H-pyrrole nitrogens is 2. The highest BCUT2D eigenvalue weighted by atomic mass is 19.1. The normalized spacial score (nSPS) is 15.6. The Labute approximate surface area is 223 Å². The summed E-state index contributed by atoms with van der Waals surface area (Å²) in [6.07, 6.45) is 12.8. The van der Waals surface area contributed by atoms with E-state index in [1.54, 1.807) is 43.1 Å². The Morgan fingerprint density at radius 1 is 1.13 bits per heavy atom. The zero-order valence-corrected chi connectivity index (χ0v) is 21.8. The maximum absolute atomic E-state index is 14.1. The number of hydrogen-bond acceptors (Lipinski definition) is 6. The summed E-state index contributed by atoms with van der Waals surface area (Å²) in [5, 5.41) is 11.1. The number of nitrogens with zero attached hydrogens (tertiary/aromatic N) is 5. The summed E-state index contributed by atoms with van der Waals surface area (Å²) >= 11 is 0. The molecule has 0 aromatic carbocycles. The molecule has 5 aromatic heterocycles. The number of aromatic amines is 2. The minimum absolute atomic E-state index is 0.0504. The van der Waals surface area contributed by atoms with E-state index in [2.05, 4.69) is 42.4 Å². The van der Waals surface area contributed by atoms with Crippen LogP contribution in [0.5, 0.6) is 0 Å². The fraction of sp³-hybridized carbons (Fsp3) is 0.241. The maximum Gasteiger partial charge on any atom is 0.224 e. The van der Waals surface area contributed by atoms with Crippen molar-refractivity contribution in [3.05, 3.63) is 66.7 Å². The van der Waals surface area contributed by atoms with Gasteiger partial charge in [-0.3, -0.25) is 19.9 Å². The maximum atomic E-state index is 14.1. The molecule has 1 amide bonds. The first-order valence-electron chi connectivity index (χ1n) is 12.9. The number of allylic oxidation sites excluding steroid dienone is 4. The van der Waals surface area contributed by atoms with Crippen LogP contribution in [0.15, 0.2) is 61.1 Å². The first-order chi connectivity index (χ1) is 18.9. The Morgan fingerprint density at radius 3 is 2.79 bits per heavy atom. The smallest absolute Gasteiger partial charge is 0.224 e. The van der Waals surface area contributed by atoms with Crippen molar-refractivity contribution in [2.45, 2.75) is 33.6 Å². The van der Waals surface area contributed by atoms with Gasteiger partial charge in [-0.1, -0.05) is 20.8 Å².